The van der Waals surface area contributed by atoms with Crippen LogP contribution in [0.4, 0.5) is 0 Å². The normalized spacial score (nSPS) is 19.0. The summed E-state index contributed by atoms with van der Waals surface area (Å²) >= 11 is 2.17. The molecule has 2 amide bonds. The minimum Gasteiger partial charge on any atom is -0.482 e. The first-order valence-corrected chi connectivity index (χ1v) is 14.5. The van der Waals surface area contributed by atoms with E-state index in [-0.39, 0.29) is 31.4 Å². The minimum atomic E-state index is -1.04. The van der Waals surface area contributed by atoms with Crippen LogP contribution in [0.25, 0.3) is 10.9 Å². The van der Waals surface area contributed by atoms with Crippen molar-refractivity contribution >= 4 is 45.3 Å². The third-order valence-corrected chi connectivity index (χ3v) is 7.88. The number of benzene rings is 2. The second kappa shape index (κ2) is 14.0. The quantitative estimate of drug-likeness (QED) is 0.223. The van der Waals surface area contributed by atoms with Gasteiger partial charge in [0.25, 0.3) is 0 Å². The number of unbranched alkanes of at least 4 members (excludes halogenated alkanes) is 1. The van der Waals surface area contributed by atoms with E-state index in [4.69, 9.17) is 4.74 Å². The van der Waals surface area contributed by atoms with Gasteiger partial charge in [-0.05, 0) is 64.7 Å². The van der Waals surface area contributed by atoms with Gasteiger partial charge >= 0.3 is 0 Å². The lowest BCUT2D eigenvalue weighted by Gasteiger charge is -2.40. The lowest BCUT2D eigenvalue weighted by atomic mass is 9.87. The number of nitrogens with one attached hydrogen (secondary N) is 2. The summed E-state index contributed by atoms with van der Waals surface area (Å²) in [6.07, 6.45) is 2.53. The fourth-order valence-electron chi connectivity index (χ4n) is 4.92. The summed E-state index contributed by atoms with van der Waals surface area (Å²) in [6, 6.07) is 16.9. The van der Waals surface area contributed by atoms with Gasteiger partial charge in [0.05, 0.1) is 16.2 Å². The molecule has 0 fully saturated rings. The highest BCUT2D eigenvalue weighted by Crippen LogP contribution is 2.30. The highest BCUT2D eigenvalue weighted by molar-refractivity contribution is 14.1. The number of aliphatic hydroxyl groups is 2. The van der Waals surface area contributed by atoms with E-state index in [0.717, 1.165) is 33.0 Å². The molecular formula is C30H36IN3O5. The van der Waals surface area contributed by atoms with Gasteiger partial charge in [-0.3, -0.25) is 9.59 Å². The van der Waals surface area contributed by atoms with E-state index in [2.05, 4.69) is 39.0 Å². The lowest BCUT2D eigenvalue weighted by Crippen LogP contribution is -2.55. The van der Waals surface area contributed by atoms with Crippen LogP contribution in [0.15, 0.2) is 66.2 Å². The average Bonchev–Trinajstić information content (AvgIpc) is 3.36. The lowest BCUT2D eigenvalue weighted by molar-refractivity contribution is -0.138. The molecule has 39 heavy (non-hydrogen) atoms. The van der Waals surface area contributed by atoms with Crippen molar-refractivity contribution < 1.29 is 24.5 Å². The van der Waals surface area contributed by atoms with Crippen molar-refractivity contribution in [2.75, 3.05) is 19.7 Å². The smallest absolute Gasteiger partial charge is 0.247 e. The summed E-state index contributed by atoms with van der Waals surface area (Å²) in [6.45, 7) is 2.36. The highest BCUT2D eigenvalue weighted by atomic mass is 127. The second-order valence-electron chi connectivity index (χ2n) is 9.77. The molecule has 208 valence electrons. The van der Waals surface area contributed by atoms with Crippen LogP contribution in [0.1, 0.15) is 38.3 Å². The summed E-state index contributed by atoms with van der Waals surface area (Å²) in [4.78, 5) is 31.6. The minimum absolute atomic E-state index is 0.0536. The van der Waals surface area contributed by atoms with E-state index in [1.54, 1.807) is 11.0 Å². The third-order valence-electron chi connectivity index (χ3n) is 6.99. The molecular weight excluding hydrogens is 609 g/mol. The van der Waals surface area contributed by atoms with Crippen LogP contribution in [0.2, 0.25) is 0 Å². The van der Waals surface area contributed by atoms with Crippen molar-refractivity contribution in [2.24, 2.45) is 0 Å². The number of fused-ring (bicyclic) bond motifs is 1. The first-order valence-electron chi connectivity index (χ1n) is 13.5. The van der Waals surface area contributed by atoms with Gasteiger partial charge < -0.3 is 30.2 Å². The Morgan fingerprint density at radius 3 is 2.69 bits per heavy atom. The second-order valence-corrected chi connectivity index (χ2v) is 10.9. The number of aliphatic hydroxyl groups excluding tert-OH is 2. The zero-order valence-corrected chi connectivity index (χ0v) is 24.3. The monoisotopic (exact) mass is 645 g/mol. The predicted molar refractivity (Wildman–Crippen MR) is 159 cm³/mol. The standard InChI is InChI=1S/C30H36IN3O5/c1-2-3-12-28(36)34(15-13-22-17-20-8-4-6-10-24(20)33-22)25-18-21(30(38)32-14-16-35)19-27(29(25)37)39-26-11-7-5-9-23(26)31/h4-11,17,19,25,27,29,33,35,37H,2-3,12-16,18H2,1H3,(H,32,38). The number of carbonyl (C=O) groups excluding carboxylic acids is 2. The van der Waals surface area contributed by atoms with Gasteiger partial charge in [-0.1, -0.05) is 43.7 Å². The molecule has 1 aliphatic rings. The number of hydrogen-bond donors (Lipinski definition) is 4. The van der Waals surface area contributed by atoms with E-state index >= 15 is 0 Å². The maximum Gasteiger partial charge on any atom is 0.247 e. The van der Waals surface area contributed by atoms with Crippen LogP contribution in [-0.4, -0.2) is 69.9 Å². The van der Waals surface area contributed by atoms with Gasteiger partial charge in [0.1, 0.15) is 18.0 Å². The number of hydrogen-bond acceptors (Lipinski definition) is 5. The molecule has 1 aliphatic carbocycles. The Kier molecular flexibility index (Phi) is 10.4. The van der Waals surface area contributed by atoms with E-state index < -0.39 is 18.2 Å². The summed E-state index contributed by atoms with van der Waals surface area (Å²) in [5.41, 5.74) is 2.46. The number of rotatable bonds is 12. The Morgan fingerprint density at radius 2 is 1.95 bits per heavy atom. The van der Waals surface area contributed by atoms with Gasteiger partial charge in [0, 0.05) is 49.1 Å². The van der Waals surface area contributed by atoms with Crippen molar-refractivity contribution in [1.82, 2.24) is 15.2 Å². The van der Waals surface area contributed by atoms with Gasteiger partial charge in [-0.15, -0.1) is 0 Å². The topological polar surface area (TPSA) is 115 Å². The molecule has 1 heterocycles. The molecule has 1 aromatic heterocycles. The number of H-pyrrole nitrogens is 1. The molecule has 0 bridgehead atoms. The number of para-hydroxylation sites is 2. The third kappa shape index (κ3) is 7.40. The Hall–Kier alpha value is -2.89. The van der Waals surface area contributed by atoms with Crippen LogP contribution in [0, 0.1) is 3.57 Å². The molecule has 0 saturated carbocycles. The number of halogens is 1. The molecule has 9 heteroatoms. The Balaban J connectivity index is 1.62. The van der Waals surface area contributed by atoms with Gasteiger partial charge in [0.15, 0.2) is 0 Å². The van der Waals surface area contributed by atoms with Crippen LogP contribution >= 0.6 is 22.6 Å². The molecule has 2 aromatic carbocycles. The molecule has 0 saturated heterocycles. The fourth-order valence-corrected chi connectivity index (χ4v) is 5.44. The first kappa shape index (κ1) is 29.1. The molecule has 3 aromatic rings. The molecule has 0 spiro atoms. The van der Waals surface area contributed by atoms with Crippen LogP contribution in [0.5, 0.6) is 5.75 Å². The van der Waals surface area contributed by atoms with Gasteiger partial charge in [-0.2, -0.15) is 0 Å². The van der Waals surface area contributed by atoms with E-state index in [1.165, 1.54) is 0 Å². The van der Waals surface area contributed by atoms with Crippen LogP contribution in [-0.2, 0) is 16.0 Å². The van der Waals surface area contributed by atoms with Crippen molar-refractivity contribution in [3.05, 3.63) is 75.5 Å². The van der Waals surface area contributed by atoms with Crippen LogP contribution in [0.3, 0.4) is 0 Å². The Morgan fingerprint density at radius 1 is 1.18 bits per heavy atom. The number of aromatic amines is 1. The van der Waals surface area contributed by atoms with Crippen molar-refractivity contribution in [3.63, 3.8) is 0 Å². The highest BCUT2D eigenvalue weighted by Gasteiger charge is 2.40. The van der Waals surface area contributed by atoms with E-state index in [9.17, 15) is 19.8 Å². The average molecular weight is 646 g/mol. The van der Waals surface area contributed by atoms with Crippen LogP contribution < -0.4 is 10.1 Å². The fraction of sp³-hybridized carbons (Fsp3) is 0.400. The summed E-state index contributed by atoms with van der Waals surface area (Å²) in [5, 5.41) is 24.6. The number of aromatic nitrogens is 1. The number of ether oxygens (including phenoxy) is 1. The summed E-state index contributed by atoms with van der Waals surface area (Å²) in [7, 11) is 0. The number of carbonyl (C=O) groups is 2. The largest absolute Gasteiger partial charge is 0.482 e. The summed E-state index contributed by atoms with van der Waals surface area (Å²) in [5.74, 6) is 0.201. The Labute approximate surface area is 242 Å². The van der Waals surface area contributed by atoms with Crippen molar-refractivity contribution in [2.45, 2.75) is 57.3 Å². The van der Waals surface area contributed by atoms with Gasteiger partial charge in [-0.25, -0.2) is 0 Å². The molecule has 4 N–H and O–H groups in total. The van der Waals surface area contributed by atoms with Crippen molar-refractivity contribution in [3.8, 4) is 5.75 Å². The number of amides is 2. The first-order chi connectivity index (χ1) is 18.9. The number of nitrogens with zero attached hydrogens (tertiary/aromatic N) is 1. The van der Waals surface area contributed by atoms with E-state index in [0.29, 0.717) is 30.7 Å². The maximum atomic E-state index is 13.5. The maximum absolute atomic E-state index is 13.5. The molecule has 3 unspecified atom stereocenters. The molecule has 0 radical (unpaired) electrons. The molecule has 4 rings (SSSR count). The zero-order valence-electron chi connectivity index (χ0n) is 22.1. The zero-order chi connectivity index (χ0) is 27.8. The van der Waals surface area contributed by atoms with Crippen molar-refractivity contribution in [1.29, 1.82) is 0 Å². The SMILES string of the molecule is CCCCC(=O)N(CCc1cc2ccccc2[nH]1)C1CC(C(=O)NCCO)=CC(Oc2ccccc2I)C1O. The molecule has 3 atom stereocenters. The van der Waals surface area contributed by atoms with E-state index in [1.807, 2.05) is 55.5 Å². The summed E-state index contributed by atoms with van der Waals surface area (Å²) < 4.78 is 7.09. The molecule has 8 nitrogen and oxygen atoms in total. The predicted octanol–water partition coefficient (Wildman–Crippen LogP) is 3.95. The van der Waals surface area contributed by atoms with Gasteiger partial charge in [0.2, 0.25) is 11.8 Å². The molecule has 0 aliphatic heterocycles. The Bertz CT molecular complexity index is 1270.